The highest BCUT2D eigenvalue weighted by Gasteiger charge is 2.10. The van der Waals surface area contributed by atoms with Gasteiger partial charge < -0.3 is 14.5 Å². The van der Waals surface area contributed by atoms with Gasteiger partial charge >= 0.3 is 0 Å². The minimum absolute atomic E-state index is 0.125. The summed E-state index contributed by atoms with van der Waals surface area (Å²) in [5.74, 6) is 0.699. The molecule has 0 aliphatic heterocycles. The minimum Gasteiger partial charge on any atom is -0.475 e. The second kappa shape index (κ2) is 6.38. The molecule has 1 unspecified atom stereocenters. The Kier molecular flexibility index (Phi) is 4.58. The van der Waals surface area contributed by atoms with Crippen molar-refractivity contribution in [3.05, 3.63) is 48.0 Å². The molecule has 0 bridgehead atoms. The topological polar surface area (TPSA) is 47.3 Å². The Balaban J connectivity index is 1.99. The van der Waals surface area contributed by atoms with Gasteiger partial charge in [-0.15, -0.1) is 0 Å². The molecule has 1 N–H and O–H groups in total. The molecular weight excluding hydrogens is 240 g/mol. The van der Waals surface area contributed by atoms with Gasteiger partial charge in [-0.05, 0) is 32.9 Å². The zero-order valence-corrected chi connectivity index (χ0v) is 11.6. The molecule has 19 heavy (non-hydrogen) atoms. The number of rotatable bonds is 6. The molecule has 1 atom stereocenters. The maximum absolute atomic E-state index is 5.70. The maximum atomic E-state index is 5.70. The fourth-order valence-electron chi connectivity index (χ4n) is 1.79. The van der Waals surface area contributed by atoms with Crippen molar-refractivity contribution in [1.82, 2.24) is 10.3 Å². The predicted octanol–water partition coefficient (Wildman–Crippen LogP) is 3.31. The number of hydrogen-bond donors (Lipinski definition) is 1. The van der Waals surface area contributed by atoms with E-state index < -0.39 is 0 Å². The van der Waals surface area contributed by atoms with E-state index in [0.717, 1.165) is 11.1 Å². The summed E-state index contributed by atoms with van der Waals surface area (Å²) in [6.45, 7) is 6.81. The van der Waals surface area contributed by atoms with Gasteiger partial charge in [-0.2, -0.15) is 0 Å². The second-order valence-electron chi connectivity index (χ2n) is 4.79. The lowest BCUT2D eigenvalue weighted by molar-refractivity contribution is 0.229. The summed E-state index contributed by atoms with van der Waals surface area (Å²) in [6.07, 6.45) is 5.32. The highest BCUT2D eigenvalue weighted by molar-refractivity contribution is 5.25. The Bertz CT molecular complexity index is 495. The fourth-order valence-corrected chi connectivity index (χ4v) is 1.79. The summed E-state index contributed by atoms with van der Waals surface area (Å²) < 4.78 is 10.8. The largest absolute Gasteiger partial charge is 0.475 e. The maximum Gasteiger partial charge on any atom is 0.218 e. The fraction of sp³-hybridized carbons (Fsp3) is 0.400. The number of nitrogens with zero attached hydrogens (tertiary/aromatic N) is 1. The number of hydrogen-bond acceptors (Lipinski definition) is 4. The molecule has 2 aromatic heterocycles. The Morgan fingerprint density at radius 2 is 2.16 bits per heavy atom. The van der Waals surface area contributed by atoms with Crippen LogP contribution in [0.15, 0.2) is 41.3 Å². The van der Waals surface area contributed by atoms with Crippen LogP contribution in [0.2, 0.25) is 0 Å². The zero-order chi connectivity index (χ0) is 13.7. The standard InChI is InChI=1S/C15H20N2O2/c1-11(2)19-15-13(5-4-7-16-15)9-17-12(3)14-6-8-18-10-14/h4-8,10-12,17H,9H2,1-3H3. The number of aromatic nitrogens is 1. The van der Waals surface area contributed by atoms with Crippen molar-refractivity contribution in [1.29, 1.82) is 0 Å². The van der Waals surface area contributed by atoms with Crippen molar-refractivity contribution in [2.24, 2.45) is 0 Å². The van der Waals surface area contributed by atoms with Crippen LogP contribution < -0.4 is 10.1 Å². The van der Waals surface area contributed by atoms with Crippen molar-refractivity contribution in [2.45, 2.75) is 39.5 Å². The van der Waals surface area contributed by atoms with Gasteiger partial charge in [0.05, 0.1) is 18.6 Å². The molecule has 4 heteroatoms. The van der Waals surface area contributed by atoms with E-state index in [1.54, 1.807) is 18.7 Å². The van der Waals surface area contributed by atoms with E-state index in [1.807, 2.05) is 32.0 Å². The third kappa shape index (κ3) is 3.83. The molecule has 0 saturated heterocycles. The molecule has 0 radical (unpaired) electrons. The van der Waals surface area contributed by atoms with Crippen LogP contribution in [-0.4, -0.2) is 11.1 Å². The smallest absolute Gasteiger partial charge is 0.218 e. The minimum atomic E-state index is 0.125. The van der Waals surface area contributed by atoms with E-state index in [9.17, 15) is 0 Å². The van der Waals surface area contributed by atoms with E-state index in [4.69, 9.17) is 9.15 Å². The molecule has 0 saturated carbocycles. The van der Waals surface area contributed by atoms with Crippen LogP contribution in [0.25, 0.3) is 0 Å². The quantitative estimate of drug-likeness (QED) is 0.865. The number of pyridine rings is 1. The second-order valence-corrected chi connectivity index (χ2v) is 4.79. The van der Waals surface area contributed by atoms with E-state index in [0.29, 0.717) is 12.4 Å². The summed E-state index contributed by atoms with van der Waals surface area (Å²) in [4.78, 5) is 4.28. The Hall–Kier alpha value is -1.81. The van der Waals surface area contributed by atoms with Crippen LogP contribution in [0.1, 0.15) is 37.9 Å². The highest BCUT2D eigenvalue weighted by atomic mass is 16.5. The normalized spacial score (nSPS) is 12.6. The lowest BCUT2D eigenvalue weighted by atomic mass is 10.1. The van der Waals surface area contributed by atoms with Gasteiger partial charge in [0.2, 0.25) is 5.88 Å². The predicted molar refractivity (Wildman–Crippen MR) is 74.0 cm³/mol. The van der Waals surface area contributed by atoms with Crippen LogP contribution >= 0.6 is 0 Å². The molecule has 0 fully saturated rings. The molecular formula is C15H20N2O2. The van der Waals surface area contributed by atoms with E-state index in [-0.39, 0.29) is 12.1 Å². The molecule has 2 heterocycles. The summed E-state index contributed by atoms with van der Waals surface area (Å²) in [6, 6.07) is 6.14. The van der Waals surface area contributed by atoms with Gasteiger partial charge in [-0.25, -0.2) is 4.98 Å². The average molecular weight is 260 g/mol. The summed E-state index contributed by atoms with van der Waals surface area (Å²) >= 11 is 0. The lowest BCUT2D eigenvalue weighted by Gasteiger charge is -2.15. The number of furan rings is 1. The average Bonchev–Trinajstić information content (AvgIpc) is 2.90. The van der Waals surface area contributed by atoms with Crippen molar-refractivity contribution in [3.63, 3.8) is 0 Å². The van der Waals surface area contributed by atoms with Crippen LogP contribution in [0.3, 0.4) is 0 Å². The molecule has 0 aromatic carbocycles. The van der Waals surface area contributed by atoms with Crippen LogP contribution in [0.5, 0.6) is 5.88 Å². The first-order chi connectivity index (χ1) is 9.16. The Labute approximate surface area is 113 Å². The van der Waals surface area contributed by atoms with Gasteiger partial charge in [0.15, 0.2) is 0 Å². The third-order valence-corrected chi connectivity index (χ3v) is 2.84. The number of nitrogens with one attached hydrogen (secondary N) is 1. The SMILES string of the molecule is CC(C)Oc1ncccc1CNC(C)c1ccoc1. The van der Waals surface area contributed by atoms with E-state index >= 15 is 0 Å². The monoisotopic (exact) mass is 260 g/mol. The molecule has 0 aliphatic carbocycles. The molecule has 0 aliphatic rings. The first kappa shape index (κ1) is 13.6. The summed E-state index contributed by atoms with van der Waals surface area (Å²) in [7, 11) is 0. The first-order valence-corrected chi connectivity index (χ1v) is 6.53. The first-order valence-electron chi connectivity index (χ1n) is 6.53. The molecule has 102 valence electrons. The zero-order valence-electron chi connectivity index (χ0n) is 11.6. The Morgan fingerprint density at radius 1 is 1.32 bits per heavy atom. The van der Waals surface area contributed by atoms with E-state index in [1.165, 1.54) is 0 Å². The van der Waals surface area contributed by atoms with Gasteiger partial charge in [0, 0.05) is 29.9 Å². The summed E-state index contributed by atoms with van der Waals surface area (Å²) in [5.41, 5.74) is 2.20. The third-order valence-electron chi connectivity index (χ3n) is 2.84. The van der Waals surface area contributed by atoms with Crippen LogP contribution in [0.4, 0.5) is 0 Å². The lowest BCUT2D eigenvalue weighted by Crippen LogP contribution is -2.19. The number of ether oxygens (including phenoxy) is 1. The van der Waals surface area contributed by atoms with Crippen LogP contribution in [-0.2, 0) is 6.54 Å². The molecule has 0 amide bonds. The molecule has 2 rings (SSSR count). The molecule has 4 nitrogen and oxygen atoms in total. The molecule has 0 spiro atoms. The van der Waals surface area contributed by atoms with Gasteiger partial charge in [0.25, 0.3) is 0 Å². The van der Waals surface area contributed by atoms with Crippen molar-refractivity contribution < 1.29 is 9.15 Å². The van der Waals surface area contributed by atoms with Crippen molar-refractivity contribution >= 4 is 0 Å². The van der Waals surface area contributed by atoms with Gasteiger partial charge in [-0.1, -0.05) is 6.07 Å². The van der Waals surface area contributed by atoms with E-state index in [2.05, 4.69) is 17.2 Å². The highest BCUT2D eigenvalue weighted by Crippen LogP contribution is 2.18. The van der Waals surface area contributed by atoms with Crippen LogP contribution in [0, 0.1) is 0 Å². The Morgan fingerprint density at radius 3 is 2.84 bits per heavy atom. The van der Waals surface area contributed by atoms with Crippen molar-refractivity contribution in [2.75, 3.05) is 0 Å². The van der Waals surface area contributed by atoms with Gasteiger partial charge in [0.1, 0.15) is 0 Å². The van der Waals surface area contributed by atoms with Crippen molar-refractivity contribution in [3.8, 4) is 5.88 Å². The molecule has 2 aromatic rings. The van der Waals surface area contributed by atoms with Gasteiger partial charge in [-0.3, -0.25) is 0 Å². The summed E-state index contributed by atoms with van der Waals surface area (Å²) in [5, 5.41) is 3.43.